The zero-order valence-electron chi connectivity index (χ0n) is 13.1. The van der Waals surface area contributed by atoms with Gasteiger partial charge in [0.05, 0.1) is 7.11 Å². The Morgan fingerprint density at radius 3 is 2.35 bits per heavy atom. The van der Waals surface area contributed by atoms with Gasteiger partial charge in [0, 0.05) is 11.5 Å². The van der Waals surface area contributed by atoms with Crippen molar-refractivity contribution in [3.63, 3.8) is 0 Å². The molecule has 23 heavy (non-hydrogen) atoms. The molecule has 2 amide bonds. The molecule has 1 aliphatic rings. The number of hydrazine groups is 1. The van der Waals surface area contributed by atoms with Gasteiger partial charge < -0.3 is 4.74 Å². The zero-order chi connectivity index (χ0) is 16.7. The van der Waals surface area contributed by atoms with Crippen molar-refractivity contribution in [2.24, 2.45) is 5.92 Å². The Hall–Kier alpha value is -2.15. The van der Waals surface area contributed by atoms with Crippen LogP contribution in [0.2, 0.25) is 0 Å². The fourth-order valence-electron chi connectivity index (χ4n) is 2.53. The van der Waals surface area contributed by atoms with Gasteiger partial charge in [-0.3, -0.25) is 25.8 Å². The molecule has 0 aromatic heterocycles. The van der Waals surface area contributed by atoms with Crippen LogP contribution in [0.15, 0.2) is 24.3 Å². The molecule has 0 saturated heterocycles. The molecule has 3 N–H and O–H groups in total. The lowest BCUT2D eigenvalue weighted by molar-refractivity contribution is -0.126. The van der Waals surface area contributed by atoms with Gasteiger partial charge in [0.2, 0.25) is 5.91 Å². The standard InChI is InChI=1S/C16H21N3O3S/c1-22-13-9-7-12(8-10-13)14(20)17-16(23)19-18-15(21)11-5-3-2-4-6-11/h7-11H,2-6H2,1H3,(H,18,21)(H2,17,19,20,23). The minimum atomic E-state index is -0.350. The highest BCUT2D eigenvalue weighted by Crippen LogP contribution is 2.23. The fourth-order valence-corrected chi connectivity index (χ4v) is 2.68. The van der Waals surface area contributed by atoms with Crippen LogP contribution >= 0.6 is 12.2 Å². The third kappa shape index (κ3) is 5.21. The first-order chi connectivity index (χ1) is 11.1. The Bertz CT molecular complexity index is 568. The third-order valence-electron chi connectivity index (χ3n) is 3.85. The van der Waals surface area contributed by atoms with E-state index in [4.69, 9.17) is 17.0 Å². The van der Waals surface area contributed by atoms with E-state index in [2.05, 4.69) is 16.2 Å². The number of methoxy groups -OCH3 is 1. The predicted molar refractivity (Wildman–Crippen MR) is 90.9 cm³/mol. The van der Waals surface area contributed by atoms with Gasteiger partial charge in [-0.05, 0) is 49.3 Å². The molecule has 1 aliphatic carbocycles. The highest BCUT2D eigenvalue weighted by molar-refractivity contribution is 7.80. The van der Waals surface area contributed by atoms with Gasteiger partial charge in [0.1, 0.15) is 5.75 Å². The van der Waals surface area contributed by atoms with Gasteiger partial charge in [0.15, 0.2) is 5.11 Å². The Morgan fingerprint density at radius 1 is 1.09 bits per heavy atom. The number of ether oxygens (including phenoxy) is 1. The van der Waals surface area contributed by atoms with Crippen molar-refractivity contribution in [3.05, 3.63) is 29.8 Å². The van der Waals surface area contributed by atoms with E-state index < -0.39 is 0 Å². The van der Waals surface area contributed by atoms with Crippen LogP contribution in [-0.2, 0) is 4.79 Å². The Kier molecular flexibility index (Phi) is 6.34. The Balaban J connectivity index is 1.77. The largest absolute Gasteiger partial charge is 0.497 e. The average Bonchev–Trinajstić information content (AvgIpc) is 2.60. The van der Waals surface area contributed by atoms with Crippen LogP contribution < -0.4 is 20.9 Å². The van der Waals surface area contributed by atoms with Gasteiger partial charge in [-0.1, -0.05) is 19.3 Å². The average molecular weight is 335 g/mol. The Morgan fingerprint density at radius 2 is 1.74 bits per heavy atom. The summed E-state index contributed by atoms with van der Waals surface area (Å²) in [7, 11) is 1.56. The van der Waals surface area contributed by atoms with Crippen LogP contribution in [0.4, 0.5) is 0 Å². The summed E-state index contributed by atoms with van der Waals surface area (Å²) in [5, 5.41) is 2.58. The lowest BCUT2D eigenvalue weighted by atomic mass is 9.89. The quantitative estimate of drug-likeness (QED) is 0.581. The van der Waals surface area contributed by atoms with Crippen LogP contribution in [0, 0.1) is 5.92 Å². The molecule has 7 heteroatoms. The SMILES string of the molecule is COc1ccc(C(=O)NC(=S)NNC(=O)C2CCCCC2)cc1. The summed E-state index contributed by atoms with van der Waals surface area (Å²) < 4.78 is 5.04. The van der Waals surface area contributed by atoms with E-state index in [1.807, 2.05) is 0 Å². The molecule has 6 nitrogen and oxygen atoms in total. The molecular weight excluding hydrogens is 314 g/mol. The molecule has 1 aromatic carbocycles. The minimum Gasteiger partial charge on any atom is -0.497 e. The van der Waals surface area contributed by atoms with Crippen LogP contribution in [0.3, 0.4) is 0 Å². The second kappa shape index (κ2) is 8.47. The number of carbonyl (C=O) groups is 2. The topological polar surface area (TPSA) is 79.5 Å². The molecular formula is C16H21N3O3S. The minimum absolute atomic E-state index is 0.0244. The van der Waals surface area contributed by atoms with Crippen molar-refractivity contribution >= 4 is 29.1 Å². The van der Waals surface area contributed by atoms with E-state index >= 15 is 0 Å². The molecule has 1 aromatic rings. The number of carbonyl (C=O) groups excluding carboxylic acids is 2. The fraction of sp³-hybridized carbons (Fsp3) is 0.438. The monoisotopic (exact) mass is 335 g/mol. The van der Waals surface area contributed by atoms with E-state index in [-0.39, 0.29) is 22.8 Å². The summed E-state index contributed by atoms with van der Waals surface area (Å²) in [6.45, 7) is 0. The van der Waals surface area contributed by atoms with Crippen molar-refractivity contribution in [1.82, 2.24) is 16.2 Å². The van der Waals surface area contributed by atoms with E-state index in [0.29, 0.717) is 11.3 Å². The molecule has 0 radical (unpaired) electrons. The van der Waals surface area contributed by atoms with Gasteiger partial charge >= 0.3 is 0 Å². The first-order valence-corrected chi connectivity index (χ1v) is 8.06. The molecule has 1 saturated carbocycles. The maximum Gasteiger partial charge on any atom is 0.257 e. The van der Waals surface area contributed by atoms with Crippen LogP contribution in [0.1, 0.15) is 42.5 Å². The van der Waals surface area contributed by atoms with Crippen molar-refractivity contribution in [2.45, 2.75) is 32.1 Å². The van der Waals surface area contributed by atoms with E-state index in [0.717, 1.165) is 25.7 Å². The molecule has 2 rings (SSSR count). The van der Waals surface area contributed by atoms with Crippen molar-refractivity contribution < 1.29 is 14.3 Å². The third-order valence-corrected chi connectivity index (χ3v) is 4.06. The molecule has 124 valence electrons. The molecule has 0 aliphatic heterocycles. The Labute approximate surface area is 140 Å². The number of hydrogen-bond donors (Lipinski definition) is 3. The van der Waals surface area contributed by atoms with Crippen LogP contribution in [0.5, 0.6) is 5.75 Å². The van der Waals surface area contributed by atoms with E-state index in [9.17, 15) is 9.59 Å². The smallest absolute Gasteiger partial charge is 0.257 e. The lowest BCUT2D eigenvalue weighted by Gasteiger charge is -2.21. The second-order valence-electron chi connectivity index (χ2n) is 5.46. The van der Waals surface area contributed by atoms with Gasteiger partial charge in [-0.2, -0.15) is 0 Å². The molecule has 0 atom stereocenters. The van der Waals surface area contributed by atoms with Crippen LogP contribution in [0.25, 0.3) is 0 Å². The zero-order valence-corrected chi connectivity index (χ0v) is 13.9. The molecule has 0 spiro atoms. The first-order valence-electron chi connectivity index (χ1n) is 7.65. The van der Waals surface area contributed by atoms with Crippen LogP contribution in [-0.4, -0.2) is 24.0 Å². The summed E-state index contributed by atoms with van der Waals surface area (Å²) in [4.78, 5) is 24.0. The van der Waals surface area contributed by atoms with Crippen molar-refractivity contribution in [3.8, 4) is 5.75 Å². The number of hydrogen-bond acceptors (Lipinski definition) is 4. The lowest BCUT2D eigenvalue weighted by Crippen LogP contribution is -2.50. The summed E-state index contributed by atoms with van der Waals surface area (Å²) in [6.07, 6.45) is 5.15. The maximum absolute atomic E-state index is 12.0. The summed E-state index contributed by atoms with van der Waals surface area (Å²) >= 11 is 5.02. The normalized spacial score (nSPS) is 14.7. The molecule has 0 bridgehead atoms. The number of amides is 2. The number of benzene rings is 1. The molecule has 1 fully saturated rings. The predicted octanol–water partition coefficient (Wildman–Crippen LogP) is 1.91. The first kappa shape index (κ1) is 17.2. The van der Waals surface area contributed by atoms with Gasteiger partial charge in [-0.15, -0.1) is 0 Å². The van der Waals surface area contributed by atoms with Crippen molar-refractivity contribution in [2.75, 3.05) is 7.11 Å². The van der Waals surface area contributed by atoms with Crippen molar-refractivity contribution in [1.29, 1.82) is 0 Å². The summed E-state index contributed by atoms with van der Waals surface area (Å²) in [5.41, 5.74) is 5.59. The maximum atomic E-state index is 12.0. The second-order valence-corrected chi connectivity index (χ2v) is 5.87. The van der Waals surface area contributed by atoms with Gasteiger partial charge in [0.25, 0.3) is 5.91 Å². The summed E-state index contributed by atoms with van der Waals surface area (Å²) in [6, 6.07) is 6.65. The highest BCUT2D eigenvalue weighted by atomic mass is 32.1. The van der Waals surface area contributed by atoms with E-state index in [1.54, 1.807) is 31.4 Å². The molecule has 0 heterocycles. The van der Waals surface area contributed by atoms with Gasteiger partial charge in [-0.25, -0.2) is 0 Å². The molecule has 0 unspecified atom stereocenters. The number of nitrogens with one attached hydrogen (secondary N) is 3. The number of thiocarbonyl (C=S) groups is 1. The summed E-state index contributed by atoms with van der Waals surface area (Å²) in [5.74, 6) is 0.265. The van der Waals surface area contributed by atoms with E-state index in [1.165, 1.54) is 6.42 Å². The number of rotatable bonds is 3. The highest BCUT2D eigenvalue weighted by Gasteiger charge is 2.21.